The maximum absolute atomic E-state index is 12.2. The topological polar surface area (TPSA) is 63.2 Å². The molecule has 2 rings (SSSR count). The van der Waals surface area contributed by atoms with Crippen LogP contribution in [0.1, 0.15) is 41.0 Å². The van der Waals surface area contributed by atoms with Crippen molar-refractivity contribution >= 4 is 11.9 Å². The van der Waals surface area contributed by atoms with Gasteiger partial charge in [0.1, 0.15) is 11.4 Å². The zero-order valence-electron chi connectivity index (χ0n) is 14.6. The van der Waals surface area contributed by atoms with Crippen molar-refractivity contribution in [1.29, 1.82) is 0 Å². The van der Waals surface area contributed by atoms with Gasteiger partial charge in [0.15, 0.2) is 0 Å². The molecule has 0 aromatic heterocycles. The van der Waals surface area contributed by atoms with E-state index in [-0.39, 0.29) is 17.6 Å². The van der Waals surface area contributed by atoms with Gasteiger partial charge in [-0.3, -0.25) is 9.89 Å². The molecule has 2 atom stereocenters. The molecule has 2 aliphatic rings. The van der Waals surface area contributed by atoms with Crippen molar-refractivity contribution in [3.63, 3.8) is 0 Å². The zero-order chi connectivity index (χ0) is 16.5. The average molecular weight is 311 g/mol. The minimum Gasteiger partial charge on any atom is -0.444 e. The van der Waals surface area contributed by atoms with E-state index in [0.717, 1.165) is 12.3 Å². The molecule has 0 bridgehead atoms. The van der Waals surface area contributed by atoms with Crippen LogP contribution in [0.4, 0.5) is 4.79 Å². The van der Waals surface area contributed by atoms with Crippen LogP contribution >= 0.6 is 0 Å². The lowest BCUT2D eigenvalue weighted by Crippen LogP contribution is -2.63. The Balaban J connectivity index is 1.89. The fourth-order valence-electron chi connectivity index (χ4n) is 2.92. The summed E-state index contributed by atoms with van der Waals surface area (Å²) < 4.78 is 10.9. The summed E-state index contributed by atoms with van der Waals surface area (Å²) >= 11 is 0. The number of nitrogens with one attached hydrogen (secondary N) is 1. The Morgan fingerprint density at radius 3 is 2.64 bits per heavy atom. The van der Waals surface area contributed by atoms with Gasteiger partial charge in [0.2, 0.25) is 0 Å². The van der Waals surface area contributed by atoms with Crippen molar-refractivity contribution in [2.24, 2.45) is 10.4 Å². The molecule has 1 fully saturated rings. The molecular formula is C16H29N3O3. The summed E-state index contributed by atoms with van der Waals surface area (Å²) in [5.74, 6) is 0.865. The third kappa shape index (κ3) is 3.72. The van der Waals surface area contributed by atoms with Gasteiger partial charge >= 0.3 is 6.09 Å². The molecule has 0 saturated heterocycles. The van der Waals surface area contributed by atoms with E-state index in [2.05, 4.69) is 24.2 Å². The van der Waals surface area contributed by atoms with Crippen LogP contribution in [-0.2, 0) is 9.47 Å². The lowest BCUT2D eigenvalue weighted by Gasteiger charge is -2.52. The fourth-order valence-corrected chi connectivity index (χ4v) is 2.92. The molecule has 1 amide bonds. The molecular weight excluding hydrogens is 282 g/mol. The van der Waals surface area contributed by atoms with E-state index in [9.17, 15) is 4.79 Å². The first-order valence-electron chi connectivity index (χ1n) is 7.94. The average Bonchev–Trinajstić information content (AvgIpc) is 2.41. The van der Waals surface area contributed by atoms with Crippen molar-refractivity contribution in [3.05, 3.63) is 0 Å². The fraction of sp³-hybridized carbons (Fsp3) is 0.875. The van der Waals surface area contributed by atoms with Crippen LogP contribution in [0.5, 0.6) is 0 Å². The minimum atomic E-state index is -0.471. The predicted molar refractivity (Wildman–Crippen MR) is 86.2 cm³/mol. The molecule has 22 heavy (non-hydrogen) atoms. The SMILES string of the molecule is COC1CC(NC2=NCCN(C(=O)OC(C)(C)C)C2)C1(C)C. The summed E-state index contributed by atoms with van der Waals surface area (Å²) in [5, 5.41) is 3.48. The molecule has 1 N–H and O–H groups in total. The van der Waals surface area contributed by atoms with E-state index in [4.69, 9.17) is 9.47 Å². The molecule has 6 heteroatoms. The largest absolute Gasteiger partial charge is 0.444 e. The van der Waals surface area contributed by atoms with Gasteiger partial charge in [0.05, 0.1) is 19.2 Å². The molecule has 1 heterocycles. The Labute approximate surface area is 133 Å². The van der Waals surface area contributed by atoms with Gasteiger partial charge in [0, 0.05) is 25.1 Å². The lowest BCUT2D eigenvalue weighted by molar-refractivity contribution is -0.0923. The highest BCUT2D eigenvalue weighted by Gasteiger charge is 2.49. The number of hydrogen-bond donors (Lipinski definition) is 1. The van der Waals surface area contributed by atoms with Crippen LogP contribution in [0, 0.1) is 5.41 Å². The van der Waals surface area contributed by atoms with Crippen molar-refractivity contribution < 1.29 is 14.3 Å². The smallest absolute Gasteiger partial charge is 0.410 e. The summed E-state index contributed by atoms with van der Waals surface area (Å²) in [6.45, 7) is 11.7. The van der Waals surface area contributed by atoms with Gasteiger partial charge in [-0.2, -0.15) is 0 Å². The Kier molecular flexibility index (Phi) is 4.70. The number of methoxy groups -OCH3 is 1. The van der Waals surface area contributed by atoms with Crippen LogP contribution in [0.15, 0.2) is 4.99 Å². The third-order valence-corrected chi connectivity index (χ3v) is 4.47. The van der Waals surface area contributed by atoms with E-state index < -0.39 is 5.60 Å². The van der Waals surface area contributed by atoms with Gasteiger partial charge in [0.25, 0.3) is 0 Å². The number of aliphatic imine (C=N–C) groups is 1. The first kappa shape index (κ1) is 17.1. The summed E-state index contributed by atoms with van der Waals surface area (Å²) in [4.78, 5) is 18.4. The minimum absolute atomic E-state index is 0.0749. The standard InChI is InChI=1S/C16H29N3O3/c1-15(2,3)22-14(20)19-8-7-17-13(10-19)18-11-9-12(21-6)16(11,4)5/h11-12H,7-10H2,1-6H3,(H,17,18). The molecule has 1 saturated carbocycles. The van der Waals surface area contributed by atoms with Crippen molar-refractivity contribution in [1.82, 2.24) is 10.2 Å². The number of hydrogen-bond acceptors (Lipinski definition) is 5. The van der Waals surface area contributed by atoms with E-state index in [1.807, 2.05) is 20.8 Å². The van der Waals surface area contributed by atoms with Gasteiger partial charge in [-0.25, -0.2) is 4.79 Å². The number of nitrogens with zero attached hydrogens (tertiary/aromatic N) is 2. The number of ether oxygens (including phenoxy) is 2. The van der Waals surface area contributed by atoms with Crippen molar-refractivity contribution in [2.75, 3.05) is 26.7 Å². The number of carbonyl (C=O) groups excluding carboxylic acids is 1. The summed E-state index contributed by atoms with van der Waals surface area (Å²) in [6, 6.07) is 0.329. The van der Waals surface area contributed by atoms with Crippen molar-refractivity contribution in [2.45, 2.75) is 58.8 Å². The number of rotatable bonds is 2. The second-order valence-electron chi connectivity index (χ2n) is 7.71. The van der Waals surface area contributed by atoms with E-state index in [0.29, 0.717) is 25.7 Å². The molecule has 126 valence electrons. The highest BCUT2D eigenvalue weighted by molar-refractivity contribution is 5.88. The molecule has 0 radical (unpaired) electrons. The third-order valence-electron chi connectivity index (χ3n) is 4.47. The first-order chi connectivity index (χ1) is 10.1. The van der Waals surface area contributed by atoms with Gasteiger partial charge in [-0.1, -0.05) is 13.8 Å². The quantitative estimate of drug-likeness (QED) is 0.847. The van der Waals surface area contributed by atoms with Crippen LogP contribution in [-0.4, -0.2) is 61.3 Å². The van der Waals surface area contributed by atoms with E-state index in [1.54, 1.807) is 12.0 Å². The zero-order valence-corrected chi connectivity index (χ0v) is 14.6. The predicted octanol–water partition coefficient (Wildman–Crippen LogP) is 2.04. The molecule has 0 aromatic carbocycles. The molecule has 6 nitrogen and oxygen atoms in total. The lowest BCUT2D eigenvalue weighted by atomic mass is 9.64. The Morgan fingerprint density at radius 2 is 2.09 bits per heavy atom. The Hall–Kier alpha value is -1.30. The summed E-state index contributed by atoms with van der Waals surface area (Å²) in [5.41, 5.74) is -0.396. The maximum Gasteiger partial charge on any atom is 0.410 e. The molecule has 1 aliphatic heterocycles. The van der Waals surface area contributed by atoms with Crippen LogP contribution in [0.25, 0.3) is 0 Å². The normalized spacial score (nSPS) is 27.7. The molecule has 2 unspecified atom stereocenters. The second kappa shape index (κ2) is 6.07. The highest BCUT2D eigenvalue weighted by atomic mass is 16.6. The van der Waals surface area contributed by atoms with Gasteiger partial charge in [-0.05, 0) is 27.2 Å². The first-order valence-corrected chi connectivity index (χ1v) is 7.94. The molecule has 0 spiro atoms. The number of amidine groups is 1. The number of carbonyl (C=O) groups is 1. The van der Waals surface area contributed by atoms with Gasteiger partial charge < -0.3 is 14.8 Å². The number of amides is 1. The van der Waals surface area contributed by atoms with Crippen LogP contribution in [0.2, 0.25) is 0 Å². The maximum atomic E-state index is 12.2. The molecule has 0 aromatic rings. The Bertz CT molecular complexity index is 454. The van der Waals surface area contributed by atoms with Crippen LogP contribution < -0.4 is 5.32 Å². The van der Waals surface area contributed by atoms with Crippen LogP contribution in [0.3, 0.4) is 0 Å². The Morgan fingerprint density at radius 1 is 1.41 bits per heavy atom. The molecule has 1 aliphatic carbocycles. The van der Waals surface area contributed by atoms with Gasteiger partial charge in [-0.15, -0.1) is 0 Å². The van der Waals surface area contributed by atoms with E-state index >= 15 is 0 Å². The van der Waals surface area contributed by atoms with Crippen molar-refractivity contribution in [3.8, 4) is 0 Å². The summed E-state index contributed by atoms with van der Waals surface area (Å²) in [7, 11) is 1.75. The highest BCUT2D eigenvalue weighted by Crippen LogP contribution is 2.42. The van der Waals surface area contributed by atoms with E-state index in [1.165, 1.54) is 0 Å². The summed E-state index contributed by atoms with van der Waals surface area (Å²) in [6.07, 6.45) is 0.968. The monoisotopic (exact) mass is 311 g/mol. The second-order valence-corrected chi connectivity index (χ2v) is 7.71.